The number of anilines is 1. The van der Waals surface area contributed by atoms with Crippen molar-refractivity contribution < 1.29 is 31.0 Å². The van der Waals surface area contributed by atoms with E-state index in [2.05, 4.69) is 49.6 Å². The summed E-state index contributed by atoms with van der Waals surface area (Å²) in [6.07, 6.45) is 7.50. The molecule has 3 heterocycles. The number of halogens is 1. The van der Waals surface area contributed by atoms with Crippen LogP contribution in [0.1, 0.15) is 69.9 Å². The monoisotopic (exact) mass is 632 g/mol. The van der Waals surface area contributed by atoms with Crippen LogP contribution in [0.15, 0.2) is 35.6 Å². The summed E-state index contributed by atoms with van der Waals surface area (Å²) in [7, 11) is 0. The quantitative estimate of drug-likeness (QED) is 0.281. The van der Waals surface area contributed by atoms with Crippen LogP contribution < -0.4 is 37.3 Å². The average molecular weight is 633 g/mol. The van der Waals surface area contributed by atoms with Crippen LogP contribution in [0.4, 0.5) is 16.3 Å². The number of nitrogens with one attached hydrogen (secondary N) is 1. The molecule has 1 saturated carbocycles. The smallest absolute Gasteiger partial charge is 0.390 e. The lowest BCUT2D eigenvalue weighted by Crippen LogP contribution is -3.70. The first-order chi connectivity index (χ1) is 18.3. The molecule has 0 unspecified atom stereocenters. The van der Waals surface area contributed by atoms with Gasteiger partial charge in [0.05, 0.1) is 18.8 Å². The largest absolute Gasteiger partial charge is 0.463 e. The van der Waals surface area contributed by atoms with Gasteiger partial charge in [0.2, 0.25) is 5.88 Å². The zero-order chi connectivity index (χ0) is 26.7. The van der Waals surface area contributed by atoms with E-state index in [-0.39, 0.29) is 27.5 Å². The number of fused-ring (bicyclic) bond motifs is 1. The fourth-order valence-corrected chi connectivity index (χ4v) is 8.80. The van der Waals surface area contributed by atoms with E-state index in [1.54, 1.807) is 0 Å². The normalized spacial score (nSPS) is 23.2. The van der Waals surface area contributed by atoms with Crippen molar-refractivity contribution in [2.24, 2.45) is 4.99 Å². The summed E-state index contributed by atoms with van der Waals surface area (Å²) in [5.74, 6) is 1.38. The van der Waals surface area contributed by atoms with Gasteiger partial charge in [0.1, 0.15) is 11.9 Å². The van der Waals surface area contributed by atoms with E-state index in [0.717, 1.165) is 54.3 Å². The number of carbonyl (C=O) groups excluding carboxylic acids is 1. The fourth-order valence-electron chi connectivity index (χ4n) is 5.42. The molecule has 3 N–H and O–H groups in total. The molecule has 0 atom stereocenters. The average Bonchev–Trinajstić information content (AvgIpc) is 2.92. The number of carbonyl (C=O) groups is 1. The van der Waals surface area contributed by atoms with E-state index in [1.165, 1.54) is 37.6 Å². The first kappa shape index (κ1) is 27.1. The molecule has 1 saturated heterocycles. The Kier molecular flexibility index (Phi) is 8.37. The van der Waals surface area contributed by atoms with Gasteiger partial charge in [0, 0.05) is 25.2 Å². The van der Waals surface area contributed by atoms with Gasteiger partial charge < -0.3 is 20.7 Å². The minimum Gasteiger partial charge on any atom is -0.463 e. The Morgan fingerprint density at radius 1 is 1.11 bits per heavy atom. The van der Waals surface area contributed by atoms with Crippen molar-refractivity contribution >= 4 is 23.2 Å². The number of aromatic nitrogens is 2. The van der Waals surface area contributed by atoms with Gasteiger partial charge in [-0.15, -0.1) is 0 Å². The first-order valence-corrected chi connectivity index (χ1v) is 16.0. The number of piperazine rings is 1. The third kappa shape index (κ3) is 6.06. The molecule has 38 heavy (non-hydrogen) atoms. The second kappa shape index (κ2) is 11.7. The highest BCUT2D eigenvalue weighted by Gasteiger charge is 2.38. The van der Waals surface area contributed by atoms with E-state index < -0.39 is 5.60 Å². The summed E-state index contributed by atoms with van der Waals surface area (Å²) in [6.45, 7) is 10.6. The van der Waals surface area contributed by atoms with Gasteiger partial charge in [0.25, 0.3) is 0 Å². The van der Waals surface area contributed by atoms with Crippen molar-refractivity contribution in [1.29, 1.82) is 0 Å². The molecule has 9 nitrogen and oxygen atoms in total. The number of alkyl halides is 1. The van der Waals surface area contributed by atoms with Gasteiger partial charge in [-0.3, -0.25) is 0 Å². The van der Waals surface area contributed by atoms with Crippen LogP contribution >= 0.6 is 0 Å². The van der Waals surface area contributed by atoms with Gasteiger partial charge >= 0.3 is 27.5 Å². The van der Waals surface area contributed by atoms with Crippen molar-refractivity contribution in [3.05, 3.63) is 41.7 Å². The van der Waals surface area contributed by atoms with Gasteiger partial charge in [-0.1, -0.05) is 34.3 Å². The summed E-state index contributed by atoms with van der Waals surface area (Å²) < 4.78 is 9.65. The van der Waals surface area contributed by atoms with Crippen molar-refractivity contribution in [3.8, 4) is 5.88 Å². The maximum absolute atomic E-state index is 12.2. The number of aliphatic imine (C=N–C) groups is 1. The molecule has 1 aromatic carbocycles. The number of nitrogens with two attached hydrogens (primary N) is 1. The van der Waals surface area contributed by atoms with Crippen molar-refractivity contribution in [3.63, 3.8) is 0 Å². The third-order valence-corrected chi connectivity index (χ3v) is 11.4. The lowest BCUT2D eigenvalue weighted by Gasteiger charge is -2.32. The van der Waals surface area contributed by atoms with Gasteiger partial charge in [-0.25, -0.2) is 14.8 Å². The zero-order valence-corrected chi connectivity index (χ0v) is 24.8. The molecule has 2 amide bonds. The molecule has 0 radical (unpaired) electrons. The van der Waals surface area contributed by atoms with Gasteiger partial charge in [-0.05, 0) is 57.4 Å². The van der Waals surface area contributed by atoms with Crippen LogP contribution in [0.5, 0.6) is 5.88 Å². The molecule has 2 aromatic rings. The summed E-state index contributed by atoms with van der Waals surface area (Å²) >= 11 is 0.0173. The number of hydrogen-bond acceptors (Lipinski definition) is 7. The van der Waals surface area contributed by atoms with Crippen molar-refractivity contribution in [2.75, 3.05) is 38.5 Å². The van der Waals surface area contributed by atoms with Crippen LogP contribution in [0.25, 0.3) is 0 Å². The minimum atomic E-state index is -0.609. The van der Waals surface area contributed by atoms with Crippen LogP contribution in [-0.4, -0.2) is 72.0 Å². The van der Waals surface area contributed by atoms with Crippen LogP contribution in [0.3, 0.4) is 0 Å². The maximum atomic E-state index is 12.2. The van der Waals surface area contributed by atoms with Gasteiger partial charge in [-0.2, -0.15) is 4.98 Å². The SMILES string of the molecule is CCCNC(=O)N1CCN([I+]C2CCC(c3ccc(C4=Nc5c(N)ncnc5OC4(C)C)cc3)CC2)CC1. The van der Waals surface area contributed by atoms with Crippen LogP contribution in [0.2, 0.25) is 0 Å². The molecule has 1 aliphatic carbocycles. The third-order valence-electron chi connectivity index (χ3n) is 7.59. The lowest BCUT2D eigenvalue weighted by atomic mass is 9.83. The maximum Gasteiger partial charge on any atom is 0.390 e. The molecule has 2 fully saturated rings. The Morgan fingerprint density at radius 3 is 2.50 bits per heavy atom. The van der Waals surface area contributed by atoms with Crippen molar-refractivity contribution in [2.45, 2.75) is 68.3 Å². The summed E-state index contributed by atoms with van der Waals surface area (Å²) in [6, 6.07) is 8.96. The summed E-state index contributed by atoms with van der Waals surface area (Å²) in [4.78, 5) is 27.3. The topological polar surface area (TPSA) is 109 Å². The minimum absolute atomic E-state index is 0.0173. The molecule has 0 bridgehead atoms. The van der Waals surface area contributed by atoms with E-state index >= 15 is 0 Å². The predicted molar refractivity (Wildman–Crippen MR) is 146 cm³/mol. The summed E-state index contributed by atoms with van der Waals surface area (Å²) in [5.41, 5.74) is 9.23. The second-order valence-corrected chi connectivity index (χ2v) is 14.5. The lowest BCUT2D eigenvalue weighted by molar-refractivity contribution is -0.833. The molecule has 2 aliphatic heterocycles. The Bertz CT molecular complexity index is 1150. The fraction of sp³-hybridized carbons (Fsp3) is 0.571. The number of nitrogen functional groups attached to an aromatic ring is 1. The second-order valence-electron chi connectivity index (χ2n) is 10.8. The highest BCUT2D eigenvalue weighted by Crippen LogP contribution is 2.39. The number of amides is 2. The Hall–Kier alpha value is -2.47. The molecule has 3 aliphatic rings. The number of benzene rings is 1. The highest BCUT2D eigenvalue weighted by atomic mass is 127. The Morgan fingerprint density at radius 2 is 1.82 bits per heavy atom. The highest BCUT2D eigenvalue weighted by molar-refractivity contribution is 6.09. The Labute approximate surface area is 236 Å². The van der Waals surface area contributed by atoms with Crippen LogP contribution in [-0.2, 0) is 0 Å². The molecule has 5 rings (SSSR count). The molecule has 0 spiro atoms. The van der Waals surface area contributed by atoms with E-state index in [1.807, 2.05) is 18.7 Å². The van der Waals surface area contributed by atoms with E-state index in [9.17, 15) is 4.79 Å². The predicted octanol–water partition coefficient (Wildman–Crippen LogP) is 1.12. The van der Waals surface area contributed by atoms with Crippen LogP contribution in [0, 0.1) is 0 Å². The number of nitrogens with zero attached hydrogens (tertiary/aromatic N) is 5. The van der Waals surface area contributed by atoms with Crippen molar-refractivity contribution in [1.82, 2.24) is 23.3 Å². The molecule has 1 aromatic heterocycles. The molecule has 204 valence electrons. The number of ether oxygens (including phenoxy) is 1. The summed E-state index contributed by atoms with van der Waals surface area (Å²) in [5, 5.41) is 3.01. The van der Waals surface area contributed by atoms with Gasteiger partial charge in [0.15, 0.2) is 15.4 Å². The number of hydrogen-bond donors (Lipinski definition) is 2. The molecular formula is C28H39IN7O2+. The van der Waals surface area contributed by atoms with E-state index in [4.69, 9.17) is 15.5 Å². The van der Waals surface area contributed by atoms with E-state index in [0.29, 0.717) is 23.3 Å². The number of rotatable bonds is 6. The number of urea groups is 1. The molecular weight excluding hydrogens is 593 g/mol. The zero-order valence-electron chi connectivity index (χ0n) is 22.6. The molecule has 10 heteroatoms. The first-order valence-electron chi connectivity index (χ1n) is 13.7. The standard InChI is InChI=1S/C28H38IN7O2/c1-4-13-31-27(37)35-14-16-36(17-15-35)29-22-11-9-20(10-12-22)19-5-7-21(8-6-19)24-28(2,3)38-26-23(34-24)25(30)32-18-33-26/h5-8,18,20,22H,4,9-17H2,1-3H3,(H2-,30,31,32,33,37)/p+1. The Balaban J connectivity index is 1.14.